The third-order valence-corrected chi connectivity index (χ3v) is 7.67. The van der Waals surface area contributed by atoms with Crippen LogP contribution in [0.25, 0.3) is 0 Å². The molecule has 4 unspecified atom stereocenters. The topological polar surface area (TPSA) is 136 Å². The largest absolute Gasteiger partial charge is 0.461 e. The molecule has 1 aromatic rings. The smallest absolute Gasteiger partial charge is 0.332 e. The van der Waals surface area contributed by atoms with E-state index in [9.17, 15) is 19.2 Å². The van der Waals surface area contributed by atoms with E-state index < -0.39 is 24.1 Å². The molecule has 11 nitrogen and oxygen atoms in total. The minimum Gasteiger partial charge on any atom is -0.461 e. The maximum absolute atomic E-state index is 13.0. The first-order valence-corrected chi connectivity index (χ1v) is 17.0. The molecule has 4 atom stereocenters. The Balaban J connectivity index is 1.64. The highest BCUT2D eigenvalue weighted by Crippen LogP contribution is 2.32. The van der Waals surface area contributed by atoms with Gasteiger partial charge in [-0.15, -0.1) is 0 Å². The fourth-order valence-corrected chi connectivity index (χ4v) is 5.11. The normalized spacial score (nSPS) is 17.1. The van der Waals surface area contributed by atoms with Crippen molar-refractivity contribution < 1.29 is 47.6 Å². The number of nitrogens with one attached hydrogen (secondary N) is 1. The van der Waals surface area contributed by atoms with Crippen molar-refractivity contribution in [2.45, 2.75) is 103 Å². The van der Waals surface area contributed by atoms with Crippen molar-refractivity contribution in [3.63, 3.8) is 0 Å². The minimum atomic E-state index is -0.719. The molecular weight excluding hydrogens is 606 g/mol. The number of hydrogen-bond acceptors (Lipinski definition) is 10. The van der Waals surface area contributed by atoms with Crippen molar-refractivity contribution in [1.82, 2.24) is 5.32 Å². The van der Waals surface area contributed by atoms with Crippen LogP contribution >= 0.6 is 0 Å². The fraction of sp³-hybridized carbons (Fsp3) is 0.667. The zero-order valence-corrected chi connectivity index (χ0v) is 28.4. The van der Waals surface area contributed by atoms with Crippen LogP contribution in [0.3, 0.4) is 0 Å². The maximum atomic E-state index is 13.0. The van der Waals surface area contributed by atoms with Crippen LogP contribution in [0.1, 0.15) is 84.1 Å². The Kier molecular flexibility index (Phi) is 21.1. The third-order valence-electron chi connectivity index (χ3n) is 7.67. The molecule has 1 aliphatic rings. The van der Waals surface area contributed by atoms with Gasteiger partial charge >= 0.3 is 17.9 Å². The number of rotatable bonds is 28. The molecule has 0 spiro atoms. The first-order chi connectivity index (χ1) is 22.8. The Bertz CT molecular complexity index is 1050. The minimum absolute atomic E-state index is 0.128. The van der Waals surface area contributed by atoms with Crippen molar-refractivity contribution in [2.24, 2.45) is 11.8 Å². The molecule has 0 aliphatic carbocycles. The van der Waals surface area contributed by atoms with Gasteiger partial charge in [-0.3, -0.25) is 9.59 Å². The molecule has 264 valence electrons. The van der Waals surface area contributed by atoms with E-state index in [4.69, 9.17) is 28.4 Å². The molecule has 1 heterocycles. The second kappa shape index (κ2) is 24.8. The van der Waals surface area contributed by atoms with Crippen LogP contribution in [0.4, 0.5) is 0 Å². The monoisotopic (exact) mass is 661 g/mol. The number of cyclic esters (lactones) is 1. The summed E-state index contributed by atoms with van der Waals surface area (Å²) < 4.78 is 32.8. The van der Waals surface area contributed by atoms with E-state index in [1.807, 2.05) is 56.3 Å². The van der Waals surface area contributed by atoms with E-state index in [2.05, 4.69) is 12.2 Å². The summed E-state index contributed by atoms with van der Waals surface area (Å²) in [7, 11) is 0. The third kappa shape index (κ3) is 18.0. The Morgan fingerprint density at radius 3 is 2.43 bits per heavy atom. The SMILES string of the molecule is CCCCCCC1C(=O)OC1CC(CC/C=C/COCCOCCOCC(=O)OCc1ccccc1)OC(=O)C(CC(C)C)NC=O. The number of unbranched alkanes of at least 4 members (excludes halogenated alkanes) is 3. The summed E-state index contributed by atoms with van der Waals surface area (Å²) in [5.41, 5.74) is 0.920. The van der Waals surface area contributed by atoms with Gasteiger partial charge in [0, 0.05) is 6.42 Å². The molecule has 1 N–H and O–H groups in total. The first-order valence-electron chi connectivity index (χ1n) is 17.0. The second-order valence-corrected chi connectivity index (χ2v) is 12.1. The summed E-state index contributed by atoms with van der Waals surface area (Å²) in [6.45, 7) is 7.99. The van der Waals surface area contributed by atoms with Gasteiger partial charge in [0.05, 0.1) is 39.0 Å². The Morgan fingerprint density at radius 1 is 0.979 bits per heavy atom. The lowest BCUT2D eigenvalue weighted by atomic mass is 9.86. The lowest BCUT2D eigenvalue weighted by Crippen LogP contribution is -2.48. The summed E-state index contributed by atoms with van der Waals surface area (Å²) in [4.78, 5) is 47.9. The van der Waals surface area contributed by atoms with Crippen LogP contribution in [0.2, 0.25) is 0 Å². The summed E-state index contributed by atoms with van der Waals surface area (Å²) in [5, 5.41) is 2.58. The second-order valence-electron chi connectivity index (χ2n) is 12.1. The number of hydrogen-bond donors (Lipinski definition) is 1. The predicted octanol–water partition coefficient (Wildman–Crippen LogP) is 5.09. The number of amides is 1. The van der Waals surface area contributed by atoms with Crippen LogP contribution in [0.15, 0.2) is 42.5 Å². The zero-order chi connectivity index (χ0) is 34.1. The molecule has 0 aromatic heterocycles. The van der Waals surface area contributed by atoms with E-state index in [1.54, 1.807) is 0 Å². The highest BCUT2D eigenvalue weighted by atomic mass is 16.6. The van der Waals surface area contributed by atoms with E-state index in [-0.39, 0.29) is 43.7 Å². The van der Waals surface area contributed by atoms with Crippen molar-refractivity contribution in [2.75, 3.05) is 39.6 Å². The molecule has 11 heteroatoms. The van der Waals surface area contributed by atoms with Crippen molar-refractivity contribution >= 4 is 24.3 Å². The van der Waals surface area contributed by atoms with E-state index in [1.165, 1.54) is 0 Å². The highest BCUT2D eigenvalue weighted by Gasteiger charge is 2.43. The van der Waals surface area contributed by atoms with Gasteiger partial charge in [0.25, 0.3) is 0 Å². The van der Waals surface area contributed by atoms with Crippen LogP contribution in [0, 0.1) is 11.8 Å². The van der Waals surface area contributed by atoms with Gasteiger partial charge in [-0.25, -0.2) is 9.59 Å². The van der Waals surface area contributed by atoms with Gasteiger partial charge in [-0.05, 0) is 37.2 Å². The summed E-state index contributed by atoms with van der Waals surface area (Å²) in [5.74, 6) is -1.04. The van der Waals surface area contributed by atoms with Gasteiger partial charge in [0.1, 0.15) is 31.5 Å². The maximum Gasteiger partial charge on any atom is 0.332 e. The number of ether oxygens (including phenoxy) is 6. The van der Waals surface area contributed by atoms with Crippen molar-refractivity contribution in [1.29, 1.82) is 0 Å². The molecule has 1 amide bonds. The van der Waals surface area contributed by atoms with Gasteiger partial charge in [0.15, 0.2) is 0 Å². The van der Waals surface area contributed by atoms with Crippen LogP contribution in [-0.4, -0.2) is 82.2 Å². The molecule has 1 aliphatic heterocycles. The lowest BCUT2D eigenvalue weighted by Gasteiger charge is -2.37. The Labute approximate surface area is 280 Å². The summed E-state index contributed by atoms with van der Waals surface area (Å²) in [6.07, 6.45) is 10.9. The van der Waals surface area contributed by atoms with Gasteiger partial charge in [0.2, 0.25) is 6.41 Å². The number of allylic oxidation sites excluding steroid dienone is 1. The number of carbonyl (C=O) groups is 4. The van der Waals surface area contributed by atoms with E-state index >= 15 is 0 Å². The Hall–Kier alpha value is -3.28. The van der Waals surface area contributed by atoms with Gasteiger partial charge in [-0.1, -0.05) is 88.9 Å². The van der Waals surface area contributed by atoms with Crippen molar-refractivity contribution in [3.05, 3.63) is 48.0 Å². The number of esters is 3. The summed E-state index contributed by atoms with van der Waals surface area (Å²) >= 11 is 0. The van der Waals surface area contributed by atoms with E-state index in [0.717, 1.165) is 37.7 Å². The molecule has 0 bridgehead atoms. The molecular formula is C36H55NO10. The lowest BCUT2D eigenvalue weighted by molar-refractivity contribution is -0.190. The van der Waals surface area contributed by atoms with Crippen LogP contribution < -0.4 is 5.32 Å². The molecule has 1 aromatic carbocycles. The van der Waals surface area contributed by atoms with Crippen molar-refractivity contribution in [3.8, 4) is 0 Å². The van der Waals surface area contributed by atoms with Crippen LogP contribution in [-0.2, 0) is 54.2 Å². The molecule has 0 saturated carbocycles. The standard InChI is InChI=1S/C36H55NO10/c1-4-5-6-12-17-31-33(47-35(31)40)24-30(46-36(41)32(37-27-38)23-28(2)3)16-11-8-13-18-42-19-20-43-21-22-44-26-34(39)45-25-29-14-9-7-10-15-29/h7-10,13-15,27-28,30-33H,4-6,11-12,16-26H2,1-3H3,(H,37,38)/b13-8+. The highest BCUT2D eigenvalue weighted by molar-refractivity contribution is 5.79. The zero-order valence-electron chi connectivity index (χ0n) is 28.4. The summed E-state index contributed by atoms with van der Waals surface area (Å²) in [6, 6.07) is 8.73. The average Bonchev–Trinajstić information content (AvgIpc) is 3.05. The quantitative estimate of drug-likeness (QED) is 0.0425. The molecule has 2 rings (SSSR count). The Morgan fingerprint density at radius 2 is 1.72 bits per heavy atom. The molecule has 1 saturated heterocycles. The molecule has 47 heavy (non-hydrogen) atoms. The fourth-order valence-electron chi connectivity index (χ4n) is 5.11. The van der Waals surface area contributed by atoms with Gasteiger partial charge < -0.3 is 33.7 Å². The molecule has 1 fully saturated rings. The first kappa shape index (κ1) is 39.9. The number of benzene rings is 1. The molecule has 0 radical (unpaired) electrons. The number of carbonyl (C=O) groups excluding carboxylic acids is 4. The van der Waals surface area contributed by atoms with Crippen LogP contribution in [0.5, 0.6) is 0 Å². The van der Waals surface area contributed by atoms with Gasteiger partial charge in [-0.2, -0.15) is 0 Å². The average molecular weight is 662 g/mol. The predicted molar refractivity (Wildman–Crippen MR) is 176 cm³/mol. The van der Waals surface area contributed by atoms with E-state index in [0.29, 0.717) is 58.5 Å².